The van der Waals surface area contributed by atoms with Gasteiger partial charge in [0.25, 0.3) is 0 Å². The number of carbonyl (C=O) groups excluding carboxylic acids is 1. The number of fused-ring (bicyclic) bond motifs is 1. The third kappa shape index (κ3) is 3.80. The number of aryl methyl sites for hydroxylation is 1. The number of benzene rings is 2. The summed E-state index contributed by atoms with van der Waals surface area (Å²) in [5.41, 5.74) is 2.63. The minimum Gasteiger partial charge on any atom is -0.346 e. The van der Waals surface area contributed by atoms with Crippen molar-refractivity contribution < 1.29 is 4.79 Å². The average Bonchev–Trinajstić information content (AvgIpc) is 2.56. The highest BCUT2D eigenvalue weighted by atomic mass is 32.2. The lowest BCUT2D eigenvalue weighted by atomic mass is 9.88. The van der Waals surface area contributed by atoms with Crippen LogP contribution in [0.25, 0.3) is 0 Å². The molecule has 0 heterocycles. The van der Waals surface area contributed by atoms with Gasteiger partial charge in [-0.25, -0.2) is 0 Å². The molecule has 1 atom stereocenters. The summed E-state index contributed by atoms with van der Waals surface area (Å²) in [5, 5.41) is 4.97. The van der Waals surface area contributed by atoms with Gasteiger partial charge in [0.2, 0.25) is 5.91 Å². The normalized spacial score (nSPS) is 17.2. The molecule has 0 radical (unpaired) electrons. The first kappa shape index (κ1) is 14.9. The molecule has 1 unspecified atom stereocenters. The van der Waals surface area contributed by atoms with E-state index in [1.54, 1.807) is 17.8 Å². The molecule has 0 bridgehead atoms. The monoisotopic (exact) mass is 309 g/mol. The molecule has 1 aliphatic carbocycles. The minimum atomic E-state index is -0.0230. The van der Waals surface area contributed by atoms with Crippen LogP contribution >= 0.6 is 11.8 Å². The Balaban J connectivity index is 1.58. The Kier molecular flexibility index (Phi) is 4.96. The van der Waals surface area contributed by atoms with Crippen LogP contribution in [0.1, 0.15) is 30.0 Å². The minimum absolute atomic E-state index is 0.0230. The molecule has 0 spiro atoms. The number of rotatable bonds is 4. The molecule has 3 heteroatoms. The summed E-state index contributed by atoms with van der Waals surface area (Å²) in [4.78, 5) is 13.2. The maximum absolute atomic E-state index is 12.1. The molecule has 112 valence electrons. The molecular formula is C19H19NOS. The Morgan fingerprint density at radius 1 is 1.09 bits per heavy atom. The molecule has 0 saturated carbocycles. The Labute approximate surface area is 135 Å². The second-order valence-electron chi connectivity index (χ2n) is 5.39. The van der Waals surface area contributed by atoms with Crippen LogP contribution in [0.15, 0.2) is 71.0 Å². The zero-order chi connectivity index (χ0) is 15.2. The maximum Gasteiger partial charge on any atom is 0.244 e. The first-order valence-electron chi connectivity index (χ1n) is 7.59. The third-order valence-corrected chi connectivity index (χ3v) is 4.67. The number of hydrogen-bond acceptors (Lipinski definition) is 2. The quantitative estimate of drug-likeness (QED) is 0.666. The first-order valence-corrected chi connectivity index (χ1v) is 8.47. The summed E-state index contributed by atoms with van der Waals surface area (Å²) in [7, 11) is 0. The van der Waals surface area contributed by atoms with E-state index in [2.05, 4.69) is 23.5 Å². The number of carbonyl (C=O) groups is 1. The van der Waals surface area contributed by atoms with Crippen LogP contribution in [0.2, 0.25) is 0 Å². The van der Waals surface area contributed by atoms with E-state index >= 15 is 0 Å². The maximum atomic E-state index is 12.1. The van der Waals surface area contributed by atoms with E-state index in [-0.39, 0.29) is 11.9 Å². The van der Waals surface area contributed by atoms with Crippen LogP contribution in [0.5, 0.6) is 0 Å². The molecule has 0 saturated heterocycles. The van der Waals surface area contributed by atoms with Crippen molar-refractivity contribution >= 4 is 17.7 Å². The van der Waals surface area contributed by atoms with E-state index in [1.165, 1.54) is 11.1 Å². The molecule has 1 N–H and O–H groups in total. The van der Waals surface area contributed by atoms with Crippen molar-refractivity contribution in [3.8, 4) is 0 Å². The van der Waals surface area contributed by atoms with E-state index in [1.807, 2.05) is 41.8 Å². The highest BCUT2D eigenvalue weighted by molar-refractivity contribution is 8.02. The Bertz CT molecular complexity index is 666. The standard InChI is InChI=1S/C19H19NOS/c21-19(13-14-22-16-9-2-1-3-10-16)20-18-12-6-8-15-7-4-5-11-17(15)18/h1-5,7,9-11,13-14,18H,6,8,12H2,(H,20,21)/b14-13+. The fourth-order valence-electron chi connectivity index (χ4n) is 2.80. The zero-order valence-corrected chi connectivity index (χ0v) is 13.2. The topological polar surface area (TPSA) is 29.1 Å². The number of amides is 1. The van der Waals surface area contributed by atoms with Gasteiger partial charge in [-0.2, -0.15) is 0 Å². The summed E-state index contributed by atoms with van der Waals surface area (Å²) < 4.78 is 0. The fraction of sp³-hybridized carbons (Fsp3) is 0.211. The van der Waals surface area contributed by atoms with Gasteiger partial charge in [-0.3, -0.25) is 4.79 Å². The molecule has 3 rings (SSSR count). The van der Waals surface area contributed by atoms with Crippen molar-refractivity contribution in [1.82, 2.24) is 5.32 Å². The van der Waals surface area contributed by atoms with Gasteiger partial charge in [0.05, 0.1) is 6.04 Å². The Morgan fingerprint density at radius 2 is 1.86 bits per heavy atom. The van der Waals surface area contributed by atoms with Crippen LogP contribution in [0.4, 0.5) is 0 Å². The van der Waals surface area contributed by atoms with Gasteiger partial charge < -0.3 is 5.32 Å². The Hall–Kier alpha value is -2.00. The molecule has 1 aliphatic rings. The average molecular weight is 309 g/mol. The number of nitrogens with one attached hydrogen (secondary N) is 1. The van der Waals surface area contributed by atoms with E-state index in [0.29, 0.717) is 0 Å². The molecule has 0 aromatic heterocycles. The molecule has 2 aromatic rings. The van der Waals surface area contributed by atoms with Crippen LogP contribution in [0, 0.1) is 0 Å². The second kappa shape index (κ2) is 7.32. The lowest BCUT2D eigenvalue weighted by molar-refractivity contribution is -0.117. The van der Waals surface area contributed by atoms with Gasteiger partial charge in [-0.05, 0) is 47.9 Å². The summed E-state index contributed by atoms with van der Waals surface area (Å²) in [6.45, 7) is 0. The predicted molar refractivity (Wildman–Crippen MR) is 91.7 cm³/mol. The van der Waals surface area contributed by atoms with Crippen molar-refractivity contribution in [2.24, 2.45) is 0 Å². The SMILES string of the molecule is O=C(/C=C/Sc1ccccc1)NC1CCCc2ccccc21. The van der Waals surface area contributed by atoms with Crippen molar-refractivity contribution in [2.75, 3.05) is 0 Å². The highest BCUT2D eigenvalue weighted by Crippen LogP contribution is 2.29. The number of thioether (sulfide) groups is 1. The van der Waals surface area contributed by atoms with E-state index < -0.39 is 0 Å². The molecular weight excluding hydrogens is 290 g/mol. The van der Waals surface area contributed by atoms with E-state index in [9.17, 15) is 4.79 Å². The first-order chi connectivity index (χ1) is 10.8. The van der Waals surface area contributed by atoms with E-state index in [4.69, 9.17) is 0 Å². The van der Waals surface area contributed by atoms with Gasteiger partial charge in [0, 0.05) is 11.0 Å². The summed E-state index contributed by atoms with van der Waals surface area (Å²) in [6, 6.07) is 18.6. The molecule has 0 aliphatic heterocycles. The summed E-state index contributed by atoms with van der Waals surface area (Å²) in [5.74, 6) is -0.0230. The van der Waals surface area contributed by atoms with Crippen LogP contribution in [0.3, 0.4) is 0 Å². The molecule has 0 fully saturated rings. The van der Waals surface area contributed by atoms with Gasteiger partial charge in [-0.15, -0.1) is 0 Å². The summed E-state index contributed by atoms with van der Waals surface area (Å²) in [6.07, 6.45) is 4.88. The summed E-state index contributed by atoms with van der Waals surface area (Å²) >= 11 is 1.55. The Morgan fingerprint density at radius 3 is 2.73 bits per heavy atom. The lowest BCUT2D eigenvalue weighted by Gasteiger charge is -2.25. The highest BCUT2D eigenvalue weighted by Gasteiger charge is 2.20. The van der Waals surface area contributed by atoms with Gasteiger partial charge in [0.15, 0.2) is 0 Å². The zero-order valence-electron chi connectivity index (χ0n) is 12.4. The third-order valence-electron chi connectivity index (χ3n) is 3.85. The second-order valence-corrected chi connectivity index (χ2v) is 6.37. The molecule has 2 aromatic carbocycles. The van der Waals surface area contributed by atoms with Crippen molar-refractivity contribution in [2.45, 2.75) is 30.2 Å². The van der Waals surface area contributed by atoms with Crippen molar-refractivity contribution in [3.05, 3.63) is 77.2 Å². The molecule has 22 heavy (non-hydrogen) atoms. The predicted octanol–water partition coefficient (Wildman–Crippen LogP) is 4.49. The number of hydrogen-bond donors (Lipinski definition) is 1. The molecule has 1 amide bonds. The van der Waals surface area contributed by atoms with Gasteiger partial charge >= 0.3 is 0 Å². The van der Waals surface area contributed by atoms with Crippen LogP contribution in [-0.4, -0.2) is 5.91 Å². The lowest BCUT2D eigenvalue weighted by Crippen LogP contribution is -2.29. The van der Waals surface area contributed by atoms with E-state index in [0.717, 1.165) is 24.2 Å². The van der Waals surface area contributed by atoms with Gasteiger partial charge in [0.1, 0.15) is 0 Å². The largest absolute Gasteiger partial charge is 0.346 e. The van der Waals surface area contributed by atoms with Crippen molar-refractivity contribution in [3.63, 3.8) is 0 Å². The van der Waals surface area contributed by atoms with Gasteiger partial charge in [-0.1, -0.05) is 54.2 Å². The smallest absolute Gasteiger partial charge is 0.244 e. The fourth-order valence-corrected chi connectivity index (χ4v) is 3.46. The van der Waals surface area contributed by atoms with Crippen LogP contribution < -0.4 is 5.32 Å². The van der Waals surface area contributed by atoms with Crippen molar-refractivity contribution in [1.29, 1.82) is 0 Å². The van der Waals surface area contributed by atoms with Crippen LogP contribution in [-0.2, 0) is 11.2 Å². The molecule has 2 nitrogen and oxygen atoms in total.